The lowest BCUT2D eigenvalue weighted by Gasteiger charge is -2.31. The Morgan fingerprint density at radius 1 is 1.67 bits per heavy atom. The van der Waals surface area contributed by atoms with Crippen molar-refractivity contribution in [3.63, 3.8) is 0 Å². The molecule has 0 radical (unpaired) electrons. The highest BCUT2D eigenvalue weighted by molar-refractivity contribution is 7.80. The first-order valence-corrected chi connectivity index (χ1v) is 5.50. The minimum Gasteiger partial charge on any atom is -0.392 e. The molecule has 1 fully saturated rings. The number of nitrogens with two attached hydrogens (primary N) is 1. The highest BCUT2D eigenvalue weighted by atomic mass is 32.1. The number of ether oxygens (including phenoxy) is 1. The van der Waals surface area contributed by atoms with Crippen LogP contribution in [0.5, 0.6) is 0 Å². The van der Waals surface area contributed by atoms with E-state index in [9.17, 15) is 4.79 Å². The van der Waals surface area contributed by atoms with Gasteiger partial charge in [0.1, 0.15) is 5.60 Å². The highest BCUT2D eigenvalue weighted by Crippen LogP contribution is 2.27. The summed E-state index contributed by atoms with van der Waals surface area (Å²) in [4.78, 5) is 14.0. The first kappa shape index (κ1) is 12.4. The first-order valence-electron chi connectivity index (χ1n) is 5.09. The van der Waals surface area contributed by atoms with E-state index in [1.54, 1.807) is 11.9 Å². The Balaban J connectivity index is 2.71. The van der Waals surface area contributed by atoms with Gasteiger partial charge in [0.25, 0.3) is 5.91 Å². The quantitative estimate of drug-likeness (QED) is 0.725. The second-order valence-electron chi connectivity index (χ2n) is 4.18. The van der Waals surface area contributed by atoms with Crippen LogP contribution in [0.15, 0.2) is 0 Å². The van der Waals surface area contributed by atoms with Crippen LogP contribution >= 0.6 is 12.2 Å². The molecular formula is C10H18N2O2S. The number of carbonyl (C=O) groups excluding carboxylic acids is 1. The largest absolute Gasteiger partial charge is 0.392 e. The molecule has 86 valence electrons. The molecular weight excluding hydrogens is 212 g/mol. The molecule has 1 aliphatic rings. The predicted octanol–water partition coefficient (Wildman–Crippen LogP) is 0.688. The number of nitrogens with zero attached hydrogens (tertiary/aromatic N) is 1. The summed E-state index contributed by atoms with van der Waals surface area (Å²) in [6.45, 7) is 4.29. The van der Waals surface area contributed by atoms with Crippen LogP contribution in [0.1, 0.15) is 26.7 Å². The van der Waals surface area contributed by atoms with E-state index in [-0.39, 0.29) is 11.9 Å². The molecule has 1 heterocycles. The third kappa shape index (κ3) is 2.46. The lowest BCUT2D eigenvalue weighted by molar-refractivity contribution is -0.150. The van der Waals surface area contributed by atoms with Gasteiger partial charge in [0.15, 0.2) is 0 Å². The maximum Gasteiger partial charge on any atom is 0.254 e. The number of likely N-dealkylation sites (N-methyl/N-ethyl adjacent to an activating group) is 1. The number of rotatable bonds is 3. The van der Waals surface area contributed by atoms with Gasteiger partial charge in [-0.15, -0.1) is 0 Å². The van der Waals surface area contributed by atoms with Gasteiger partial charge in [-0.3, -0.25) is 4.79 Å². The summed E-state index contributed by atoms with van der Waals surface area (Å²) in [7, 11) is 1.71. The first-order chi connectivity index (χ1) is 6.88. The standard InChI is InChI=1S/C10H18N2O2S/c1-7(8(11)15)12(3)9(13)10(2)5-4-6-14-10/h7H,4-6H2,1-3H3,(H2,11,15). The van der Waals surface area contributed by atoms with Crippen LogP contribution < -0.4 is 5.73 Å². The summed E-state index contributed by atoms with van der Waals surface area (Å²) in [6.07, 6.45) is 1.69. The van der Waals surface area contributed by atoms with Crippen LogP contribution in [0.2, 0.25) is 0 Å². The Morgan fingerprint density at radius 2 is 2.27 bits per heavy atom. The molecule has 1 amide bonds. The highest BCUT2D eigenvalue weighted by Gasteiger charge is 2.40. The number of thiocarbonyl (C=S) groups is 1. The van der Waals surface area contributed by atoms with Gasteiger partial charge in [-0.2, -0.15) is 0 Å². The summed E-state index contributed by atoms with van der Waals surface area (Å²) in [5, 5.41) is 0. The average Bonchev–Trinajstić information content (AvgIpc) is 2.62. The van der Waals surface area contributed by atoms with E-state index in [1.807, 2.05) is 13.8 Å². The van der Waals surface area contributed by atoms with Gasteiger partial charge in [-0.05, 0) is 26.7 Å². The van der Waals surface area contributed by atoms with Crippen LogP contribution in [0, 0.1) is 0 Å². The number of amides is 1. The maximum atomic E-state index is 12.1. The summed E-state index contributed by atoms with van der Waals surface area (Å²) >= 11 is 4.87. The number of hydrogen-bond donors (Lipinski definition) is 1. The number of hydrogen-bond acceptors (Lipinski definition) is 3. The summed E-state index contributed by atoms with van der Waals surface area (Å²) in [5.41, 5.74) is 4.83. The Morgan fingerprint density at radius 3 is 2.67 bits per heavy atom. The normalized spacial score (nSPS) is 27.4. The monoisotopic (exact) mass is 230 g/mol. The minimum atomic E-state index is -0.687. The summed E-state index contributed by atoms with van der Waals surface area (Å²) < 4.78 is 5.48. The molecule has 1 rings (SSSR count). The molecule has 0 aromatic carbocycles. The maximum absolute atomic E-state index is 12.1. The van der Waals surface area contributed by atoms with Crippen LogP contribution in [-0.4, -0.2) is 41.1 Å². The molecule has 0 aromatic heterocycles. The zero-order chi connectivity index (χ0) is 11.6. The molecule has 2 atom stereocenters. The molecule has 2 N–H and O–H groups in total. The molecule has 1 aliphatic heterocycles. The average molecular weight is 230 g/mol. The fourth-order valence-corrected chi connectivity index (χ4v) is 1.85. The molecule has 4 nitrogen and oxygen atoms in total. The molecule has 0 spiro atoms. The van der Waals surface area contributed by atoms with Gasteiger partial charge in [-0.1, -0.05) is 12.2 Å². The van der Waals surface area contributed by atoms with E-state index >= 15 is 0 Å². The molecule has 1 saturated heterocycles. The fourth-order valence-electron chi connectivity index (χ4n) is 1.69. The van der Waals surface area contributed by atoms with E-state index in [0.717, 1.165) is 12.8 Å². The fraction of sp³-hybridized carbons (Fsp3) is 0.800. The van der Waals surface area contributed by atoms with E-state index in [1.165, 1.54) is 0 Å². The molecule has 0 saturated carbocycles. The smallest absolute Gasteiger partial charge is 0.254 e. The Kier molecular flexibility index (Phi) is 3.67. The molecule has 0 aliphatic carbocycles. The molecule has 2 unspecified atom stereocenters. The lowest BCUT2D eigenvalue weighted by atomic mass is 10.0. The molecule has 15 heavy (non-hydrogen) atoms. The molecule has 0 aromatic rings. The van der Waals surface area contributed by atoms with Gasteiger partial charge in [-0.25, -0.2) is 0 Å². The van der Waals surface area contributed by atoms with Gasteiger partial charge in [0.2, 0.25) is 0 Å². The van der Waals surface area contributed by atoms with Gasteiger partial charge in [0.05, 0.1) is 11.0 Å². The van der Waals surface area contributed by atoms with Gasteiger partial charge in [0, 0.05) is 13.7 Å². The van der Waals surface area contributed by atoms with Crippen molar-refractivity contribution in [1.82, 2.24) is 4.90 Å². The van der Waals surface area contributed by atoms with Crippen molar-refractivity contribution < 1.29 is 9.53 Å². The SMILES string of the molecule is CC(C(N)=S)N(C)C(=O)C1(C)CCCO1. The second kappa shape index (κ2) is 4.45. The zero-order valence-electron chi connectivity index (χ0n) is 9.45. The van der Waals surface area contributed by atoms with Crippen molar-refractivity contribution >= 4 is 23.1 Å². The van der Waals surface area contributed by atoms with E-state index in [0.29, 0.717) is 11.6 Å². The van der Waals surface area contributed by atoms with Crippen molar-refractivity contribution in [2.75, 3.05) is 13.7 Å². The van der Waals surface area contributed by atoms with Crippen molar-refractivity contribution in [3.8, 4) is 0 Å². The second-order valence-corrected chi connectivity index (χ2v) is 4.65. The van der Waals surface area contributed by atoms with Crippen LogP contribution in [-0.2, 0) is 9.53 Å². The van der Waals surface area contributed by atoms with Crippen molar-refractivity contribution in [3.05, 3.63) is 0 Å². The van der Waals surface area contributed by atoms with Crippen molar-refractivity contribution in [2.24, 2.45) is 5.73 Å². The van der Waals surface area contributed by atoms with Gasteiger partial charge >= 0.3 is 0 Å². The van der Waals surface area contributed by atoms with Crippen molar-refractivity contribution in [2.45, 2.75) is 38.3 Å². The third-order valence-corrected chi connectivity index (χ3v) is 3.33. The van der Waals surface area contributed by atoms with Gasteiger partial charge < -0.3 is 15.4 Å². The lowest BCUT2D eigenvalue weighted by Crippen LogP contribution is -2.51. The van der Waals surface area contributed by atoms with Crippen molar-refractivity contribution in [1.29, 1.82) is 0 Å². The van der Waals surface area contributed by atoms with E-state index in [4.69, 9.17) is 22.7 Å². The van der Waals surface area contributed by atoms with E-state index < -0.39 is 5.60 Å². The Hall–Kier alpha value is -0.680. The summed E-state index contributed by atoms with van der Waals surface area (Å²) in [6, 6.07) is -0.228. The predicted molar refractivity (Wildman–Crippen MR) is 62.6 cm³/mol. The van der Waals surface area contributed by atoms with Crippen LogP contribution in [0.3, 0.4) is 0 Å². The Labute approximate surface area is 95.8 Å². The van der Waals surface area contributed by atoms with Crippen LogP contribution in [0.4, 0.5) is 0 Å². The summed E-state index contributed by atoms with van der Waals surface area (Å²) in [5.74, 6) is -0.0414. The zero-order valence-corrected chi connectivity index (χ0v) is 10.3. The van der Waals surface area contributed by atoms with E-state index in [2.05, 4.69) is 0 Å². The third-order valence-electron chi connectivity index (χ3n) is 2.98. The molecule has 0 bridgehead atoms. The molecule has 5 heteroatoms. The minimum absolute atomic E-state index is 0.0414. The number of carbonyl (C=O) groups is 1. The Bertz CT molecular complexity index is 275. The topological polar surface area (TPSA) is 55.6 Å². The van der Waals surface area contributed by atoms with Crippen LogP contribution in [0.25, 0.3) is 0 Å².